The maximum absolute atomic E-state index is 8.92. The van der Waals surface area contributed by atoms with Gasteiger partial charge >= 0.3 is 0 Å². The quantitative estimate of drug-likeness (QED) is 0.728. The highest BCUT2D eigenvalue weighted by atomic mass is 16.3. The summed E-state index contributed by atoms with van der Waals surface area (Å²) in [6.07, 6.45) is 4.52. The van der Waals surface area contributed by atoms with Crippen LogP contribution in [0.25, 0.3) is 0 Å². The minimum absolute atomic E-state index is 0.236. The topological polar surface area (TPSA) is 45.4 Å². The summed E-state index contributed by atoms with van der Waals surface area (Å²) in [4.78, 5) is 0. The molecule has 2 atom stereocenters. The average Bonchev–Trinajstić information content (AvgIpc) is 2.77. The predicted molar refractivity (Wildman–Crippen MR) is 60.7 cm³/mol. The van der Waals surface area contributed by atoms with Crippen LogP contribution in [-0.2, 0) is 0 Å². The van der Waals surface area contributed by atoms with Gasteiger partial charge in [-0.15, -0.1) is 0 Å². The van der Waals surface area contributed by atoms with Crippen molar-refractivity contribution in [2.75, 3.05) is 6.61 Å². The molecule has 0 amide bonds. The average molecular weight is 211 g/mol. The van der Waals surface area contributed by atoms with Crippen molar-refractivity contribution < 1.29 is 9.52 Å². The standard InChI is InChI=1S/C12H21NO2/c1-3-10(7-8-14)13-11(4-2)12-6-5-9-15-12/h5-6,9-11,13-14H,3-4,7-8H2,1-2H3. The molecule has 1 aromatic heterocycles. The zero-order valence-corrected chi connectivity index (χ0v) is 9.57. The molecule has 0 saturated carbocycles. The molecule has 15 heavy (non-hydrogen) atoms. The molecule has 0 aliphatic carbocycles. The molecule has 3 nitrogen and oxygen atoms in total. The van der Waals surface area contributed by atoms with Crippen molar-refractivity contribution in [1.29, 1.82) is 0 Å². The molecule has 1 heterocycles. The first-order valence-electron chi connectivity index (χ1n) is 5.72. The monoisotopic (exact) mass is 211 g/mol. The summed E-state index contributed by atoms with van der Waals surface area (Å²) in [6, 6.07) is 4.53. The first kappa shape index (κ1) is 12.3. The highest BCUT2D eigenvalue weighted by Crippen LogP contribution is 2.18. The normalized spacial score (nSPS) is 15.1. The Morgan fingerprint density at radius 3 is 2.67 bits per heavy atom. The third-order valence-electron chi connectivity index (χ3n) is 2.70. The van der Waals surface area contributed by atoms with Crippen LogP contribution in [0.3, 0.4) is 0 Å². The van der Waals surface area contributed by atoms with E-state index in [4.69, 9.17) is 9.52 Å². The van der Waals surface area contributed by atoms with Crippen LogP contribution in [0.5, 0.6) is 0 Å². The molecule has 1 aromatic rings. The van der Waals surface area contributed by atoms with Crippen LogP contribution in [-0.4, -0.2) is 17.8 Å². The van der Waals surface area contributed by atoms with Crippen LogP contribution in [0, 0.1) is 0 Å². The molecule has 0 spiro atoms. The molecule has 1 rings (SSSR count). The molecular weight excluding hydrogens is 190 g/mol. The maximum Gasteiger partial charge on any atom is 0.120 e. The summed E-state index contributed by atoms with van der Waals surface area (Å²) >= 11 is 0. The number of aliphatic hydroxyl groups excluding tert-OH is 1. The molecule has 86 valence electrons. The highest BCUT2D eigenvalue weighted by Gasteiger charge is 2.15. The van der Waals surface area contributed by atoms with Crippen molar-refractivity contribution in [1.82, 2.24) is 5.32 Å². The van der Waals surface area contributed by atoms with Crippen molar-refractivity contribution in [3.8, 4) is 0 Å². The second-order valence-corrected chi connectivity index (χ2v) is 3.76. The third-order valence-corrected chi connectivity index (χ3v) is 2.70. The number of hydrogen-bond donors (Lipinski definition) is 2. The molecule has 0 saturated heterocycles. The second kappa shape index (κ2) is 6.64. The summed E-state index contributed by atoms with van der Waals surface area (Å²) < 4.78 is 5.39. The van der Waals surface area contributed by atoms with Crippen molar-refractivity contribution in [2.45, 2.75) is 45.2 Å². The SMILES string of the molecule is CCC(CCO)NC(CC)c1ccco1. The minimum Gasteiger partial charge on any atom is -0.468 e. The summed E-state index contributed by atoms with van der Waals surface area (Å²) in [7, 11) is 0. The van der Waals surface area contributed by atoms with Gasteiger partial charge in [0.25, 0.3) is 0 Å². The van der Waals surface area contributed by atoms with Crippen LogP contribution in [0.4, 0.5) is 0 Å². The lowest BCUT2D eigenvalue weighted by Gasteiger charge is -2.22. The molecule has 0 bridgehead atoms. The Kier molecular flexibility index (Phi) is 5.43. The summed E-state index contributed by atoms with van der Waals surface area (Å²) in [5.74, 6) is 0.980. The van der Waals surface area contributed by atoms with E-state index in [0.717, 1.165) is 25.0 Å². The lowest BCUT2D eigenvalue weighted by Crippen LogP contribution is -2.32. The lowest BCUT2D eigenvalue weighted by molar-refractivity contribution is 0.249. The molecule has 0 radical (unpaired) electrons. The van der Waals surface area contributed by atoms with E-state index in [-0.39, 0.29) is 12.6 Å². The van der Waals surface area contributed by atoms with Gasteiger partial charge in [0, 0.05) is 12.6 Å². The summed E-state index contributed by atoms with van der Waals surface area (Å²) in [5.41, 5.74) is 0. The fraction of sp³-hybridized carbons (Fsp3) is 0.667. The Morgan fingerprint density at radius 1 is 1.40 bits per heavy atom. The molecule has 0 aliphatic rings. The zero-order chi connectivity index (χ0) is 11.1. The molecule has 0 aliphatic heterocycles. The Balaban J connectivity index is 2.52. The Labute approximate surface area is 91.5 Å². The van der Waals surface area contributed by atoms with E-state index in [1.54, 1.807) is 6.26 Å². The molecule has 3 heteroatoms. The zero-order valence-electron chi connectivity index (χ0n) is 9.57. The second-order valence-electron chi connectivity index (χ2n) is 3.76. The lowest BCUT2D eigenvalue weighted by atomic mass is 10.1. The highest BCUT2D eigenvalue weighted by molar-refractivity contribution is 5.04. The van der Waals surface area contributed by atoms with Crippen LogP contribution in [0.2, 0.25) is 0 Å². The summed E-state index contributed by atoms with van der Waals surface area (Å²) in [6.45, 7) is 4.49. The van der Waals surface area contributed by atoms with Crippen LogP contribution >= 0.6 is 0 Å². The van der Waals surface area contributed by atoms with E-state index in [9.17, 15) is 0 Å². The number of aliphatic hydroxyl groups is 1. The van der Waals surface area contributed by atoms with Crippen molar-refractivity contribution >= 4 is 0 Å². The fourth-order valence-electron chi connectivity index (χ4n) is 1.74. The van der Waals surface area contributed by atoms with E-state index in [0.29, 0.717) is 6.04 Å². The van der Waals surface area contributed by atoms with Gasteiger partial charge in [0.15, 0.2) is 0 Å². The first-order chi connectivity index (χ1) is 7.31. The van der Waals surface area contributed by atoms with Gasteiger partial charge in [0.05, 0.1) is 12.3 Å². The smallest absolute Gasteiger partial charge is 0.120 e. The number of rotatable bonds is 7. The van der Waals surface area contributed by atoms with E-state index >= 15 is 0 Å². The Hall–Kier alpha value is -0.800. The van der Waals surface area contributed by atoms with E-state index in [1.165, 1.54) is 0 Å². The number of hydrogen-bond acceptors (Lipinski definition) is 3. The van der Waals surface area contributed by atoms with Crippen LogP contribution < -0.4 is 5.32 Å². The summed E-state index contributed by atoms with van der Waals surface area (Å²) in [5, 5.41) is 12.4. The van der Waals surface area contributed by atoms with E-state index in [2.05, 4.69) is 19.2 Å². The fourth-order valence-corrected chi connectivity index (χ4v) is 1.74. The van der Waals surface area contributed by atoms with E-state index in [1.807, 2.05) is 12.1 Å². The van der Waals surface area contributed by atoms with Crippen LogP contribution in [0.15, 0.2) is 22.8 Å². The van der Waals surface area contributed by atoms with Gasteiger partial charge in [-0.3, -0.25) is 0 Å². The van der Waals surface area contributed by atoms with Gasteiger partial charge in [-0.05, 0) is 31.4 Å². The molecule has 2 N–H and O–H groups in total. The van der Waals surface area contributed by atoms with Gasteiger partial charge in [0.2, 0.25) is 0 Å². The van der Waals surface area contributed by atoms with Gasteiger partial charge < -0.3 is 14.8 Å². The first-order valence-corrected chi connectivity index (χ1v) is 5.72. The number of nitrogens with one attached hydrogen (secondary N) is 1. The number of furan rings is 1. The van der Waals surface area contributed by atoms with Gasteiger partial charge in [-0.25, -0.2) is 0 Å². The Morgan fingerprint density at radius 2 is 2.20 bits per heavy atom. The minimum atomic E-state index is 0.236. The molecular formula is C12H21NO2. The predicted octanol–water partition coefficient (Wildman–Crippen LogP) is 2.48. The van der Waals surface area contributed by atoms with Crippen molar-refractivity contribution in [2.24, 2.45) is 0 Å². The van der Waals surface area contributed by atoms with Crippen LogP contribution in [0.1, 0.15) is 44.9 Å². The van der Waals surface area contributed by atoms with Gasteiger partial charge in [0.1, 0.15) is 5.76 Å². The largest absolute Gasteiger partial charge is 0.468 e. The van der Waals surface area contributed by atoms with Gasteiger partial charge in [-0.1, -0.05) is 13.8 Å². The van der Waals surface area contributed by atoms with Gasteiger partial charge in [-0.2, -0.15) is 0 Å². The molecule has 2 unspecified atom stereocenters. The molecule has 0 aromatic carbocycles. The third kappa shape index (κ3) is 3.68. The maximum atomic E-state index is 8.92. The van der Waals surface area contributed by atoms with E-state index < -0.39 is 0 Å². The Bertz CT molecular complexity index is 246. The van der Waals surface area contributed by atoms with Crippen molar-refractivity contribution in [3.05, 3.63) is 24.2 Å². The van der Waals surface area contributed by atoms with Crippen molar-refractivity contribution in [3.63, 3.8) is 0 Å². The molecule has 0 fully saturated rings.